The monoisotopic (exact) mass is 200 g/mol. The van der Waals surface area contributed by atoms with Crippen molar-refractivity contribution in [3.05, 3.63) is 17.6 Å². The Kier molecular flexibility index (Phi) is 3.64. The van der Waals surface area contributed by atoms with E-state index in [0.29, 0.717) is 12.4 Å². The van der Waals surface area contributed by atoms with Crippen LogP contribution in [-0.4, -0.2) is 26.3 Å². The van der Waals surface area contributed by atoms with Crippen molar-refractivity contribution >= 4 is 0 Å². The summed E-state index contributed by atoms with van der Waals surface area (Å²) < 4.78 is 23.3. The molecule has 14 heavy (non-hydrogen) atoms. The number of nitrogens with zero attached hydrogens (tertiary/aromatic N) is 1. The largest absolute Gasteiger partial charge is 0.493 e. The van der Waals surface area contributed by atoms with Gasteiger partial charge >= 0.3 is 0 Å². The minimum atomic E-state index is -0.456. The Hall–Kier alpha value is -1.36. The summed E-state index contributed by atoms with van der Waals surface area (Å²) in [4.78, 5) is 3.95. The molecular formula is C9H13FN2O2. The Bertz CT molecular complexity index is 318. The molecule has 0 aliphatic rings. The molecule has 0 saturated carbocycles. The standard InChI is InChI=1S/C9H13FN2O2/c1-11-5-6-9(10)7(13-2)4-8(12-6)14-3/h4,11H,5H2,1-3H3. The quantitative estimate of drug-likeness (QED) is 0.786. The summed E-state index contributed by atoms with van der Waals surface area (Å²) in [6.07, 6.45) is 0. The zero-order chi connectivity index (χ0) is 10.6. The molecular weight excluding hydrogens is 187 g/mol. The van der Waals surface area contributed by atoms with Crippen LogP contribution in [0.25, 0.3) is 0 Å². The molecule has 5 heteroatoms. The van der Waals surface area contributed by atoms with E-state index in [1.54, 1.807) is 7.05 Å². The van der Waals surface area contributed by atoms with Gasteiger partial charge in [0.15, 0.2) is 11.6 Å². The SMILES string of the molecule is CNCc1nc(OC)cc(OC)c1F. The number of rotatable bonds is 4. The molecule has 1 heterocycles. The third-order valence-electron chi connectivity index (χ3n) is 1.74. The van der Waals surface area contributed by atoms with Crippen molar-refractivity contribution in [2.75, 3.05) is 21.3 Å². The van der Waals surface area contributed by atoms with E-state index in [1.807, 2.05) is 0 Å². The molecule has 0 spiro atoms. The van der Waals surface area contributed by atoms with Crippen molar-refractivity contribution < 1.29 is 13.9 Å². The van der Waals surface area contributed by atoms with Crippen LogP contribution in [0.1, 0.15) is 5.69 Å². The third-order valence-corrected chi connectivity index (χ3v) is 1.74. The Morgan fingerprint density at radius 3 is 2.64 bits per heavy atom. The summed E-state index contributed by atoms with van der Waals surface area (Å²) in [5, 5.41) is 2.81. The normalized spacial score (nSPS) is 10.0. The molecule has 0 atom stereocenters. The number of pyridine rings is 1. The lowest BCUT2D eigenvalue weighted by molar-refractivity contribution is 0.359. The van der Waals surface area contributed by atoms with Crippen molar-refractivity contribution in [2.24, 2.45) is 0 Å². The zero-order valence-corrected chi connectivity index (χ0v) is 8.43. The van der Waals surface area contributed by atoms with Gasteiger partial charge in [-0.3, -0.25) is 0 Å². The van der Waals surface area contributed by atoms with Crippen molar-refractivity contribution in [3.63, 3.8) is 0 Å². The maximum Gasteiger partial charge on any atom is 0.217 e. The van der Waals surface area contributed by atoms with Crippen molar-refractivity contribution in [3.8, 4) is 11.6 Å². The van der Waals surface area contributed by atoms with Crippen LogP contribution in [-0.2, 0) is 6.54 Å². The molecule has 1 aromatic heterocycles. The first-order valence-corrected chi connectivity index (χ1v) is 4.15. The average Bonchev–Trinajstić information content (AvgIpc) is 2.21. The number of hydrogen-bond donors (Lipinski definition) is 1. The van der Waals surface area contributed by atoms with E-state index in [0.717, 1.165) is 0 Å². The number of ether oxygens (including phenoxy) is 2. The van der Waals surface area contributed by atoms with Crippen LogP contribution in [0.3, 0.4) is 0 Å². The molecule has 1 aromatic rings. The second-order valence-electron chi connectivity index (χ2n) is 2.66. The highest BCUT2D eigenvalue weighted by Crippen LogP contribution is 2.23. The van der Waals surface area contributed by atoms with Gasteiger partial charge in [-0.15, -0.1) is 0 Å². The van der Waals surface area contributed by atoms with E-state index in [-0.39, 0.29) is 11.4 Å². The first-order chi connectivity index (χ1) is 6.72. The lowest BCUT2D eigenvalue weighted by Crippen LogP contribution is -2.10. The highest BCUT2D eigenvalue weighted by molar-refractivity contribution is 5.32. The van der Waals surface area contributed by atoms with Crippen LogP contribution in [0, 0.1) is 5.82 Å². The summed E-state index contributed by atoms with van der Waals surface area (Å²) in [6, 6.07) is 1.41. The van der Waals surface area contributed by atoms with Gasteiger partial charge in [0.2, 0.25) is 5.88 Å². The minimum Gasteiger partial charge on any atom is -0.493 e. The van der Waals surface area contributed by atoms with Crippen LogP contribution in [0.15, 0.2) is 6.07 Å². The van der Waals surface area contributed by atoms with E-state index in [1.165, 1.54) is 20.3 Å². The van der Waals surface area contributed by atoms with Gasteiger partial charge in [-0.05, 0) is 7.05 Å². The summed E-state index contributed by atoms with van der Waals surface area (Å²) in [5.74, 6) is 0.0262. The second kappa shape index (κ2) is 4.76. The van der Waals surface area contributed by atoms with E-state index in [2.05, 4.69) is 10.3 Å². The summed E-state index contributed by atoms with van der Waals surface area (Å²) in [5.41, 5.74) is 0.281. The number of nitrogens with one attached hydrogen (secondary N) is 1. The summed E-state index contributed by atoms with van der Waals surface area (Å²) in [7, 11) is 4.59. The van der Waals surface area contributed by atoms with Crippen molar-refractivity contribution in [1.82, 2.24) is 10.3 Å². The topological polar surface area (TPSA) is 43.4 Å². The Morgan fingerprint density at radius 1 is 1.43 bits per heavy atom. The third kappa shape index (κ3) is 2.11. The van der Waals surface area contributed by atoms with Gasteiger partial charge in [0, 0.05) is 12.6 Å². The molecule has 0 bridgehead atoms. The Balaban J connectivity index is 3.12. The predicted molar refractivity (Wildman–Crippen MR) is 50.1 cm³/mol. The number of halogens is 1. The van der Waals surface area contributed by atoms with Crippen molar-refractivity contribution in [2.45, 2.75) is 6.54 Å². The van der Waals surface area contributed by atoms with Gasteiger partial charge in [-0.1, -0.05) is 0 Å². The van der Waals surface area contributed by atoms with E-state index in [4.69, 9.17) is 9.47 Å². The van der Waals surface area contributed by atoms with Crippen molar-refractivity contribution in [1.29, 1.82) is 0 Å². The fraction of sp³-hybridized carbons (Fsp3) is 0.444. The molecule has 0 amide bonds. The molecule has 78 valence electrons. The van der Waals surface area contributed by atoms with Gasteiger partial charge in [-0.2, -0.15) is 0 Å². The van der Waals surface area contributed by atoms with Gasteiger partial charge in [0.25, 0.3) is 0 Å². The first-order valence-electron chi connectivity index (χ1n) is 4.15. The lowest BCUT2D eigenvalue weighted by atomic mass is 10.3. The van der Waals surface area contributed by atoms with Gasteiger partial charge in [0.05, 0.1) is 19.9 Å². The molecule has 1 N–H and O–H groups in total. The maximum absolute atomic E-state index is 13.5. The summed E-state index contributed by atoms with van der Waals surface area (Å²) in [6.45, 7) is 0.333. The fourth-order valence-electron chi connectivity index (χ4n) is 1.07. The van der Waals surface area contributed by atoms with E-state index in [9.17, 15) is 4.39 Å². The molecule has 0 fully saturated rings. The van der Waals surface area contributed by atoms with E-state index < -0.39 is 5.82 Å². The van der Waals surface area contributed by atoms with Crippen LogP contribution in [0.2, 0.25) is 0 Å². The number of methoxy groups -OCH3 is 2. The predicted octanol–water partition coefficient (Wildman–Crippen LogP) is 0.957. The fourth-order valence-corrected chi connectivity index (χ4v) is 1.07. The van der Waals surface area contributed by atoms with Gasteiger partial charge in [0.1, 0.15) is 0 Å². The minimum absolute atomic E-state index is 0.141. The lowest BCUT2D eigenvalue weighted by Gasteiger charge is -2.08. The molecule has 0 radical (unpaired) electrons. The summed E-state index contributed by atoms with van der Waals surface area (Å²) >= 11 is 0. The average molecular weight is 200 g/mol. The Morgan fingerprint density at radius 2 is 2.14 bits per heavy atom. The van der Waals surface area contributed by atoms with Crippen LogP contribution < -0.4 is 14.8 Å². The van der Waals surface area contributed by atoms with Gasteiger partial charge < -0.3 is 14.8 Å². The van der Waals surface area contributed by atoms with Gasteiger partial charge in [-0.25, -0.2) is 9.37 Å². The number of aromatic nitrogens is 1. The Labute approximate surface area is 82.1 Å². The zero-order valence-electron chi connectivity index (χ0n) is 8.43. The number of hydrogen-bond acceptors (Lipinski definition) is 4. The second-order valence-corrected chi connectivity index (χ2v) is 2.66. The molecule has 0 aliphatic heterocycles. The molecule has 0 aromatic carbocycles. The molecule has 4 nitrogen and oxygen atoms in total. The smallest absolute Gasteiger partial charge is 0.217 e. The molecule has 0 aliphatic carbocycles. The first kappa shape index (κ1) is 10.7. The van der Waals surface area contributed by atoms with Crippen LogP contribution in [0.5, 0.6) is 11.6 Å². The van der Waals surface area contributed by atoms with Crippen LogP contribution in [0.4, 0.5) is 4.39 Å². The molecule has 0 saturated heterocycles. The molecule has 1 rings (SSSR count). The highest BCUT2D eigenvalue weighted by Gasteiger charge is 2.12. The van der Waals surface area contributed by atoms with Crippen LogP contribution >= 0.6 is 0 Å². The van der Waals surface area contributed by atoms with E-state index >= 15 is 0 Å². The highest BCUT2D eigenvalue weighted by atomic mass is 19.1. The maximum atomic E-state index is 13.5. The molecule has 0 unspecified atom stereocenters.